The van der Waals surface area contributed by atoms with Crippen LogP contribution in [0.1, 0.15) is 72.5 Å². The van der Waals surface area contributed by atoms with Gasteiger partial charge in [-0.25, -0.2) is 4.79 Å². The molecule has 38 heavy (non-hydrogen) atoms. The summed E-state index contributed by atoms with van der Waals surface area (Å²) in [7, 11) is 0. The van der Waals surface area contributed by atoms with E-state index in [1.807, 2.05) is 27.7 Å². The molecule has 0 radical (unpaired) electrons. The summed E-state index contributed by atoms with van der Waals surface area (Å²) in [4.78, 5) is 27.7. The van der Waals surface area contributed by atoms with Crippen LogP contribution in [-0.4, -0.2) is 35.1 Å². The van der Waals surface area contributed by atoms with Gasteiger partial charge in [-0.1, -0.05) is 51.1 Å². The molecule has 3 aromatic rings. The highest BCUT2D eigenvalue weighted by Crippen LogP contribution is 2.46. The minimum atomic E-state index is -4.49. The third kappa shape index (κ3) is 5.39. The van der Waals surface area contributed by atoms with Gasteiger partial charge in [0.2, 0.25) is 5.91 Å². The molecule has 2 heterocycles. The van der Waals surface area contributed by atoms with E-state index in [1.165, 1.54) is 12.3 Å². The smallest absolute Gasteiger partial charge is 0.366 e. The van der Waals surface area contributed by atoms with Gasteiger partial charge in [0.1, 0.15) is 5.76 Å². The molecule has 0 bridgehead atoms. The number of nitrogens with one attached hydrogen (secondary N) is 1. The van der Waals surface area contributed by atoms with Crippen LogP contribution < -0.4 is 11.1 Å². The lowest BCUT2D eigenvalue weighted by Crippen LogP contribution is -2.50. The molecule has 0 aliphatic carbocycles. The molecule has 7 nitrogen and oxygen atoms in total. The van der Waals surface area contributed by atoms with Crippen LogP contribution in [0.5, 0.6) is 0 Å². The number of hydrogen-bond acceptors (Lipinski definition) is 4. The number of aromatic nitrogens is 1. The molecular weight excluding hydrogens is 497 g/mol. The van der Waals surface area contributed by atoms with E-state index in [4.69, 9.17) is 10.3 Å². The molecule has 4 rings (SSSR count). The fraction of sp³-hybridized carbons (Fsp3) is 0.393. The van der Waals surface area contributed by atoms with Crippen LogP contribution in [-0.2, 0) is 12.6 Å². The highest BCUT2D eigenvalue weighted by atomic mass is 19.4. The van der Waals surface area contributed by atoms with E-state index in [-0.39, 0.29) is 17.5 Å². The molecule has 0 saturated carbocycles. The molecule has 3 N–H and O–H groups in total. The lowest BCUT2D eigenvalue weighted by atomic mass is 9.73. The Hall–Kier alpha value is -3.82. The quantitative estimate of drug-likeness (QED) is 0.429. The van der Waals surface area contributed by atoms with Crippen LogP contribution in [0.15, 0.2) is 53.2 Å². The summed E-state index contributed by atoms with van der Waals surface area (Å²) in [6.07, 6.45) is -2.60. The number of carbonyl (C=O) groups excluding carboxylic acids is 2. The molecule has 1 aliphatic heterocycles. The first-order chi connectivity index (χ1) is 17.8. The van der Waals surface area contributed by atoms with Crippen molar-refractivity contribution in [3.63, 3.8) is 0 Å². The Morgan fingerprint density at radius 2 is 1.92 bits per heavy atom. The summed E-state index contributed by atoms with van der Waals surface area (Å²) in [5.74, 6) is -0.129. The highest BCUT2D eigenvalue weighted by molar-refractivity contribution is 5.96. The Bertz CT molecular complexity index is 1330. The SMILES string of the molecule is CC(CNC(=O)N1CCc2c(-c3cccc(C(F)(F)F)c3)ccc(C(N)=O)c2C1C(C)(C)C)c1ccno1. The maximum atomic E-state index is 13.5. The monoisotopic (exact) mass is 528 g/mol. The first kappa shape index (κ1) is 27.2. The van der Waals surface area contributed by atoms with Crippen molar-refractivity contribution in [1.82, 2.24) is 15.4 Å². The average molecular weight is 529 g/mol. The Morgan fingerprint density at radius 1 is 1.18 bits per heavy atom. The number of alkyl halides is 3. The standard InChI is InChI=1S/C28H31F3N4O3/c1-16(22-10-12-34-38-22)15-33-26(37)35-13-11-20-19(17-6-5-7-18(14-17)28(29,30)31)8-9-21(25(32)36)23(20)24(35)27(2,3)4/h5-10,12,14,16,24H,11,13,15H2,1-4H3,(H2,32,36)(H,33,37). The molecular formula is C28H31F3N4O3. The van der Waals surface area contributed by atoms with E-state index in [2.05, 4.69) is 10.5 Å². The zero-order valence-corrected chi connectivity index (χ0v) is 21.7. The summed E-state index contributed by atoms with van der Waals surface area (Å²) in [6, 6.07) is 9.16. The van der Waals surface area contributed by atoms with Gasteiger partial charge in [-0.15, -0.1) is 0 Å². The predicted octanol–water partition coefficient (Wildman–Crippen LogP) is 5.92. The Morgan fingerprint density at radius 3 is 2.53 bits per heavy atom. The number of primary amides is 1. The fourth-order valence-corrected chi connectivity index (χ4v) is 5.15. The third-order valence-corrected chi connectivity index (χ3v) is 6.90. The van der Waals surface area contributed by atoms with Crippen molar-refractivity contribution < 1.29 is 27.3 Å². The van der Waals surface area contributed by atoms with E-state index in [0.29, 0.717) is 42.0 Å². The van der Waals surface area contributed by atoms with Gasteiger partial charge < -0.3 is 20.5 Å². The number of rotatable bonds is 5. The second-order valence-corrected chi connectivity index (χ2v) is 10.7. The number of benzene rings is 2. The van der Waals surface area contributed by atoms with E-state index >= 15 is 0 Å². The van der Waals surface area contributed by atoms with Crippen molar-refractivity contribution in [3.8, 4) is 11.1 Å². The van der Waals surface area contributed by atoms with Crippen molar-refractivity contribution >= 4 is 11.9 Å². The molecule has 2 unspecified atom stereocenters. The lowest BCUT2D eigenvalue weighted by Gasteiger charge is -2.45. The van der Waals surface area contributed by atoms with Crippen LogP contribution in [0, 0.1) is 5.41 Å². The summed E-state index contributed by atoms with van der Waals surface area (Å²) < 4.78 is 45.5. The van der Waals surface area contributed by atoms with E-state index in [9.17, 15) is 22.8 Å². The molecule has 0 saturated heterocycles. The van der Waals surface area contributed by atoms with Gasteiger partial charge in [-0.3, -0.25) is 4.79 Å². The second kappa shape index (κ2) is 10.2. The largest absolute Gasteiger partial charge is 0.416 e. The summed E-state index contributed by atoms with van der Waals surface area (Å²) >= 11 is 0. The zero-order chi connectivity index (χ0) is 27.8. The molecule has 2 aromatic carbocycles. The zero-order valence-electron chi connectivity index (χ0n) is 21.7. The first-order valence-corrected chi connectivity index (χ1v) is 12.4. The number of amides is 3. The number of nitrogens with two attached hydrogens (primary N) is 1. The van der Waals surface area contributed by atoms with Crippen molar-refractivity contribution in [2.75, 3.05) is 13.1 Å². The number of carbonyl (C=O) groups is 2. The minimum Gasteiger partial charge on any atom is -0.366 e. The van der Waals surface area contributed by atoms with Gasteiger partial charge in [0, 0.05) is 30.6 Å². The third-order valence-electron chi connectivity index (χ3n) is 6.90. The van der Waals surface area contributed by atoms with Gasteiger partial charge in [0.05, 0.1) is 17.8 Å². The van der Waals surface area contributed by atoms with Gasteiger partial charge in [0.25, 0.3) is 0 Å². The molecule has 1 aliphatic rings. The van der Waals surface area contributed by atoms with Crippen molar-refractivity contribution in [2.24, 2.45) is 11.1 Å². The van der Waals surface area contributed by atoms with Crippen molar-refractivity contribution in [3.05, 3.63) is 76.7 Å². The van der Waals surface area contributed by atoms with E-state index in [1.54, 1.807) is 29.2 Å². The van der Waals surface area contributed by atoms with E-state index in [0.717, 1.165) is 17.7 Å². The van der Waals surface area contributed by atoms with Crippen LogP contribution in [0.3, 0.4) is 0 Å². The molecule has 3 amide bonds. The molecule has 0 spiro atoms. The van der Waals surface area contributed by atoms with Gasteiger partial charge in [-0.05, 0) is 52.3 Å². The Labute approximate surface area is 219 Å². The fourth-order valence-electron chi connectivity index (χ4n) is 5.15. The minimum absolute atomic E-state index is 0.111. The Balaban J connectivity index is 1.76. The molecule has 1 aromatic heterocycles. The summed E-state index contributed by atoms with van der Waals surface area (Å²) in [5.41, 5.74) is 7.00. The maximum absolute atomic E-state index is 13.5. The number of urea groups is 1. The van der Waals surface area contributed by atoms with Gasteiger partial charge >= 0.3 is 12.2 Å². The number of halogens is 3. The molecule has 0 fully saturated rings. The summed E-state index contributed by atoms with van der Waals surface area (Å²) in [5, 5.41) is 6.65. The van der Waals surface area contributed by atoms with Crippen molar-refractivity contribution in [1.29, 1.82) is 0 Å². The lowest BCUT2D eigenvalue weighted by molar-refractivity contribution is -0.137. The van der Waals surface area contributed by atoms with Crippen LogP contribution in [0.4, 0.5) is 18.0 Å². The topological polar surface area (TPSA) is 101 Å². The Kier molecular flexibility index (Phi) is 7.27. The first-order valence-electron chi connectivity index (χ1n) is 12.4. The number of hydrogen-bond donors (Lipinski definition) is 2. The number of fused-ring (bicyclic) bond motifs is 1. The second-order valence-electron chi connectivity index (χ2n) is 10.7. The number of nitrogens with zero attached hydrogens (tertiary/aromatic N) is 2. The van der Waals surface area contributed by atoms with Gasteiger partial charge in [0.15, 0.2) is 0 Å². The molecule has 202 valence electrons. The normalized spacial score (nSPS) is 16.6. The van der Waals surface area contributed by atoms with Gasteiger partial charge in [-0.2, -0.15) is 13.2 Å². The maximum Gasteiger partial charge on any atom is 0.416 e. The van der Waals surface area contributed by atoms with E-state index < -0.39 is 29.1 Å². The molecule has 10 heteroatoms. The van der Waals surface area contributed by atoms with Crippen molar-refractivity contribution in [2.45, 2.75) is 52.3 Å². The van der Waals surface area contributed by atoms with Crippen LogP contribution in [0.2, 0.25) is 0 Å². The average Bonchev–Trinajstić information content (AvgIpc) is 3.39. The molecule has 2 atom stereocenters. The van der Waals surface area contributed by atoms with Crippen LogP contribution in [0.25, 0.3) is 11.1 Å². The highest BCUT2D eigenvalue weighted by Gasteiger charge is 2.42. The summed E-state index contributed by atoms with van der Waals surface area (Å²) in [6.45, 7) is 8.37. The predicted molar refractivity (Wildman–Crippen MR) is 136 cm³/mol. The van der Waals surface area contributed by atoms with Crippen LogP contribution >= 0.6 is 0 Å².